The standard InChI is InChI=1S/C16H20ClNO2/c1-16(2,3)12-6-8-18(9-7-12)14-5-4-11(15(19)20)10-13(14)17/h4-6,10H,7-9H2,1-3H3,(H,19,20). The van der Waals surface area contributed by atoms with E-state index in [1.807, 2.05) is 0 Å². The number of carbonyl (C=O) groups is 1. The van der Waals surface area contributed by atoms with Gasteiger partial charge in [-0.05, 0) is 30.0 Å². The van der Waals surface area contributed by atoms with E-state index in [4.69, 9.17) is 16.7 Å². The first-order valence-electron chi connectivity index (χ1n) is 6.76. The van der Waals surface area contributed by atoms with Gasteiger partial charge in [-0.25, -0.2) is 4.79 Å². The van der Waals surface area contributed by atoms with E-state index in [-0.39, 0.29) is 11.0 Å². The van der Waals surface area contributed by atoms with Crippen LogP contribution in [0.15, 0.2) is 29.8 Å². The lowest BCUT2D eigenvalue weighted by atomic mass is 9.83. The zero-order valence-corrected chi connectivity index (χ0v) is 12.9. The van der Waals surface area contributed by atoms with Crippen LogP contribution in [0.25, 0.3) is 0 Å². The fourth-order valence-corrected chi connectivity index (χ4v) is 2.77. The molecule has 0 atom stereocenters. The summed E-state index contributed by atoms with van der Waals surface area (Å²) >= 11 is 6.21. The molecule has 0 spiro atoms. The number of halogens is 1. The van der Waals surface area contributed by atoms with Gasteiger partial charge in [0.05, 0.1) is 16.3 Å². The predicted octanol–water partition coefficient (Wildman–Crippen LogP) is 4.22. The van der Waals surface area contributed by atoms with Gasteiger partial charge in [-0.3, -0.25) is 0 Å². The lowest BCUT2D eigenvalue weighted by Gasteiger charge is -2.33. The third kappa shape index (κ3) is 3.15. The molecule has 0 radical (unpaired) electrons. The molecule has 0 unspecified atom stereocenters. The molecule has 1 aliphatic rings. The van der Waals surface area contributed by atoms with Gasteiger partial charge in [0.25, 0.3) is 0 Å². The molecule has 0 saturated heterocycles. The van der Waals surface area contributed by atoms with Gasteiger partial charge in [0.2, 0.25) is 0 Å². The van der Waals surface area contributed by atoms with Crippen molar-refractivity contribution in [1.29, 1.82) is 0 Å². The summed E-state index contributed by atoms with van der Waals surface area (Å²) in [6.07, 6.45) is 3.27. The van der Waals surface area contributed by atoms with Crippen LogP contribution in [0.4, 0.5) is 5.69 Å². The van der Waals surface area contributed by atoms with Gasteiger partial charge in [0.15, 0.2) is 0 Å². The van der Waals surface area contributed by atoms with Crippen molar-refractivity contribution in [1.82, 2.24) is 0 Å². The molecule has 0 fully saturated rings. The molecular formula is C16H20ClNO2. The minimum Gasteiger partial charge on any atom is -0.478 e. The zero-order valence-electron chi connectivity index (χ0n) is 12.1. The lowest BCUT2D eigenvalue weighted by molar-refractivity contribution is 0.0697. The summed E-state index contributed by atoms with van der Waals surface area (Å²) < 4.78 is 0. The average Bonchev–Trinajstić information content (AvgIpc) is 2.37. The van der Waals surface area contributed by atoms with Crippen LogP contribution >= 0.6 is 11.6 Å². The monoisotopic (exact) mass is 293 g/mol. The van der Waals surface area contributed by atoms with Crippen molar-refractivity contribution >= 4 is 23.3 Å². The van der Waals surface area contributed by atoms with Crippen LogP contribution in [-0.4, -0.2) is 24.2 Å². The first kappa shape index (κ1) is 14.9. The summed E-state index contributed by atoms with van der Waals surface area (Å²) in [5.74, 6) is -0.952. The highest BCUT2D eigenvalue weighted by molar-refractivity contribution is 6.33. The molecule has 0 aromatic heterocycles. The molecule has 1 heterocycles. The second-order valence-corrected chi connectivity index (χ2v) is 6.55. The Morgan fingerprint density at radius 1 is 1.35 bits per heavy atom. The van der Waals surface area contributed by atoms with Crippen LogP contribution in [-0.2, 0) is 0 Å². The first-order chi connectivity index (χ1) is 9.29. The maximum atomic E-state index is 10.9. The summed E-state index contributed by atoms with van der Waals surface area (Å²) in [5.41, 5.74) is 2.80. The molecule has 108 valence electrons. The number of hydrogen-bond acceptors (Lipinski definition) is 2. The Kier molecular flexibility index (Phi) is 4.09. The number of hydrogen-bond donors (Lipinski definition) is 1. The molecule has 0 amide bonds. The van der Waals surface area contributed by atoms with Gasteiger partial charge in [-0.2, -0.15) is 0 Å². The smallest absolute Gasteiger partial charge is 0.335 e. The Balaban J connectivity index is 2.19. The highest BCUT2D eigenvalue weighted by atomic mass is 35.5. The van der Waals surface area contributed by atoms with Crippen LogP contribution in [0, 0.1) is 5.41 Å². The van der Waals surface area contributed by atoms with E-state index >= 15 is 0 Å². The fourth-order valence-electron chi connectivity index (χ4n) is 2.47. The summed E-state index contributed by atoms with van der Waals surface area (Å²) in [6, 6.07) is 4.91. The zero-order chi connectivity index (χ0) is 14.9. The minimum absolute atomic E-state index is 0.211. The Bertz CT molecular complexity index is 558. The van der Waals surface area contributed by atoms with Gasteiger partial charge >= 0.3 is 5.97 Å². The van der Waals surface area contributed by atoms with Crippen molar-refractivity contribution in [2.45, 2.75) is 27.2 Å². The normalized spacial score (nSPS) is 16.0. The van der Waals surface area contributed by atoms with Gasteiger partial charge < -0.3 is 10.0 Å². The van der Waals surface area contributed by atoms with Crippen molar-refractivity contribution in [3.05, 3.63) is 40.4 Å². The van der Waals surface area contributed by atoms with E-state index in [0.717, 1.165) is 25.2 Å². The van der Waals surface area contributed by atoms with Crippen LogP contribution in [0.2, 0.25) is 5.02 Å². The maximum Gasteiger partial charge on any atom is 0.335 e. The van der Waals surface area contributed by atoms with E-state index in [0.29, 0.717) is 5.02 Å². The lowest BCUT2D eigenvalue weighted by Crippen LogP contribution is -2.31. The topological polar surface area (TPSA) is 40.5 Å². The fraction of sp³-hybridized carbons (Fsp3) is 0.438. The number of benzene rings is 1. The van der Waals surface area contributed by atoms with E-state index in [2.05, 4.69) is 31.7 Å². The molecule has 0 bridgehead atoms. The maximum absolute atomic E-state index is 10.9. The van der Waals surface area contributed by atoms with E-state index in [1.165, 1.54) is 11.6 Å². The van der Waals surface area contributed by atoms with E-state index in [9.17, 15) is 4.79 Å². The van der Waals surface area contributed by atoms with Crippen LogP contribution in [0.5, 0.6) is 0 Å². The van der Waals surface area contributed by atoms with Crippen LogP contribution in [0.1, 0.15) is 37.6 Å². The molecule has 3 nitrogen and oxygen atoms in total. The number of rotatable bonds is 2. The predicted molar refractivity (Wildman–Crippen MR) is 82.8 cm³/mol. The van der Waals surface area contributed by atoms with Crippen LogP contribution in [0.3, 0.4) is 0 Å². The third-order valence-corrected chi connectivity index (χ3v) is 4.01. The Morgan fingerprint density at radius 3 is 2.50 bits per heavy atom. The van der Waals surface area contributed by atoms with Gasteiger partial charge in [-0.1, -0.05) is 44.0 Å². The molecule has 20 heavy (non-hydrogen) atoms. The molecule has 0 saturated carbocycles. The quantitative estimate of drug-likeness (QED) is 0.830. The minimum atomic E-state index is -0.952. The number of nitrogens with zero attached hydrogens (tertiary/aromatic N) is 1. The molecular weight excluding hydrogens is 274 g/mol. The number of carboxylic acids is 1. The van der Waals surface area contributed by atoms with E-state index < -0.39 is 5.97 Å². The Labute approximate surface area is 124 Å². The SMILES string of the molecule is CC(C)(C)C1=CCN(c2ccc(C(=O)O)cc2Cl)CC1. The number of anilines is 1. The molecule has 4 heteroatoms. The van der Waals surface area contributed by atoms with Crippen molar-refractivity contribution in [3.63, 3.8) is 0 Å². The third-order valence-electron chi connectivity index (χ3n) is 3.71. The van der Waals surface area contributed by atoms with Gasteiger partial charge in [0, 0.05) is 13.1 Å². The summed E-state index contributed by atoms with van der Waals surface area (Å²) in [7, 11) is 0. The molecule has 2 rings (SSSR count). The van der Waals surface area contributed by atoms with E-state index in [1.54, 1.807) is 12.1 Å². The van der Waals surface area contributed by atoms with Crippen molar-refractivity contribution < 1.29 is 9.90 Å². The highest BCUT2D eigenvalue weighted by Gasteiger charge is 2.22. The molecule has 1 N–H and O–H groups in total. The molecule has 1 aliphatic heterocycles. The van der Waals surface area contributed by atoms with Crippen molar-refractivity contribution in [3.8, 4) is 0 Å². The Morgan fingerprint density at radius 2 is 2.05 bits per heavy atom. The first-order valence-corrected chi connectivity index (χ1v) is 7.14. The second-order valence-electron chi connectivity index (χ2n) is 6.15. The second kappa shape index (κ2) is 5.49. The molecule has 1 aromatic rings. The summed E-state index contributed by atoms with van der Waals surface area (Å²) in [5, 5.41) is 9.45. The molecule has 1 aromatic carbocycles. The van der Waals surface area contributed by atoms with Crippen LogP contribution < -0.4 is 4.90 Å². The largest absolute Gasteiger partial charge is 0.478 e. The van der Waals surface area contributed by atoms with Gasteiger partial charge in [0.1, 0.15) is 0 Å². The van der Waals surface area contributed by atoms with Crippen molar-refractivity contribution in [2.24, 2.45) is 5.41 Å². The summed E-state index contributed by atoms with van der Waals surface area (Å²) in [4.78, 5) is 13.1. The summed E-state index contributed by atoms with van der Waals surface area (Å²) in [6.45, 7) is 8.41. The van der Waals surface area contributed by atoms with Crippen molar-refractivity contribution in [2.75, 3.05) is 18.0 Å². The molecule has 0 aliphatic carbocycles. The van der Waals surface area contributed by atoms with Gasteiger partial charge in [-0.15, -0.1) is 0 Å². The Hall–Kier alpha value is -1.48. The highest BCUT2D eigenvalue weighted by Crippen LogP contribution is 2.34. The average molecular weight is 294 g/mol. The number of aromatic carboxylic acids is 1. The number of carboxylic acid groups (broad SMARTS) is 1.